The minimum absolute atomic E-state index is 0.473. The molecule has 0 aromatic carbocycles. The second-order valence-corrected chi connectivity index (χ2v) is 7.73. The van der Waals surface area contributed by atoms with Gasteiger partial charge in [0.1, 0.15) is 0 Å². The quantitative estimate of drug-likeness (QED) is 0.625. The van der Waals surface area contributed by atoms with Crippen molar-refractivity contribution in [1.82, 2.24) is 0 Å². The zero-order valence-electron chi connectivity index (χ0n) is 13.3. The molecule has 6 atom stereocenters. The third kappa shape index (κ3) is 3.09. The maximum atomic E-state index is 11.5. The lowest BCUT2D eigenvalue weighted by Gasteiger charge is -2.25. The van der Waals surface area contributed by atoms with E-state index in [9.17, 15) is 9.90 Å². The standard InChI is InChI=1S/C18H26O4/c1-10(18(19)20)13(6-11-2-4-14-16(8-11)21-14)7-12-3-5-15-17(9-12)22-15/h11-12,14-17H,2-9H2,1H3,(H,19,20). The molecular formula is C18H26O4. The van der Waals surface area contributed by atoms with Crippen LogP contribution in [0.1, 0.15) is 58.3 Å². The van der Waals surface area contributed by atoms with E-state index in [4.69, 9.17) is 9.47 Å². The molecule has 0 radical (unpaired) electrons. The number of epoxide rings is 2. The van der Waals surface area contributed by atoms with Crippen molar-refractivity contribution in [3.05, 3.63) is 11.1 Å². The molecule has 4 aliphatic rings. The van der Waals surface area contributed by atoms with Gasteiger partial charge in [0.25, 0.3) is 0 Å². The van der Waals surface area contributed by atoms with Crippen LogP contribution >= 0.6 is 0 Å². The number of carboxylic acids is 1. The lowest BCUT2D eigenvalue weighted by molar-refractivity contribution is -0.132. The summed E-state index contributed by atoms with van der Waals surface area (Å²) >= 11 is 0. The van der Waals surface area contributed by atoms with E-state index in [1.54, 1.807) is 6.92 Å². The Morgan fingerprint density at radius 1 is 0.909 bits per heavy atom. The second kappa shape index (κ2) is 5.64. The van der Waals surface area contributed by atoms with Crippen LogP contribution in [0, 0.1) is 11.8 Å². The molecule has 0 aromatic rings. The van der Waals surface area contributed by atoms with E-state index in [1.807, 2.05) is 0 Å². The second-order valence-electron chi connectivity index (χ2n) is 7.73. The molecule has 2 heterocycles. The molecule has 0 amide bonds. The Balaban J connectivity index is 1.41. The first-order valence-electron chi connectivity index (χ1n) is 8.83. The van der Waals surface area contributed by atoms with Crippen LogP contribution in [0.2, 0.25) is 0 Å². The lowest BCUT2D eigenvalue weighted by atomic mass is 9.78. The monoisotopic (exact) mass is 306 g/mol. The van der Waals surface area contributed by atoms with E-state index in [0.29, 0.717) is 41.8 Å². The Labute approximate surface area is 131 Å². The van der Waals surface area contributed by atoms with Crippen LogP contribution in [0.25, 0.3) is 0 Å². The molecule has 6 unspecified atom stereocenters. The number of aliphatic carboxylic acids is 1. The Kier molecular flexibility index (Phi) is 3.77. The van der Waals surface area contributed by atoms with Gasteiger partial charge < -0.3 is 14.6 Å². The van der Waals surface area contributed by atoms with Crippen LogP contribution < -0.4 is 0 Å². The molecule has 1 N–H and O–H groups in total. The van der Waals surface area contributed by atoms with Gasteiger partial charge in [-0.25, -0.2) is 4.79 Å². The number of rotatable bonds is 5. The predicted molar refractivity (Wildman–Crippen MR) is 81.6 cm³/mol. The van der Waals surface area contributed by atoms with E-state index in [-0.39, 0.29) is 0 Å². The summed E-state index contributed by atoms with van der Waals surface area (Å²) in [7, 11) is 0. The summed E-state index contributed by atoms with van der Waals surface area (Å²) in [6.07, 6.45) is 10.8. The molecule has 0 spiro atoms. The topological polar surface area (TPSA) is 62.4 Å². The van der Waals surface area contributed by atoms with E-state index < -0.39 is 5.97 Å². The zero-order valence-corrected chi connectivity index (χ0v) is 13.3. The van der Waals surface area contributed by atoms with Gasteiger partial charge in [-0.1, -0.05) is 5.57 Å². The van der Waals surface area contributed by atoms with Gasteiger partial charge in [0.05, 0.1) is 24.4 Å². The van der Waals surface area contributed by atoms with E-state index in [0.717, 1.165) is 38.5 Å². The fourth-order valence-corrected chi connectivity index (χ4v) is 4.58. The Hall–Kier alpha value is -0.870. The number of hydrogen-bond acceptors (Lipinski definition) is 3. The van der Waals surface area contributed by atoms with Crippen LogP contribution in [-0.4, -0.2) is 35.5 Å². The van der Waals surface area contributed by atoms with Crippen LogP contribution in [0.5, 0.6) is 0 Å². The van der Waals surface area contributed by atoms with Crippen molar-refractivity contribution in [2.24, 2.45) is 11.8 Å². The molecule has 4 rings (SSSR count). The van der Waals surface area contributed by atoms with Crippen molar-refractivity contribution in [3.8, 4) is 0 Å². The molecule has 4 fully saturated rings. The highest BCUT2D eigenvalue weighted by Gasteiger charge is 2.45. The van der Waals surface area contributed by atoms with Gasteiger partial charge in [-0.2, -0.15) is 0 Å². The van der Waals surface area contributed by atoms with Crippen molar-refractivity contribution >= 4 is 5.97 Å². The number of fused-ring (bicyclic) bond motifs is 2. The van der Waals surface area contributed by atoms with Crippen LogP contribution in [0.15, 0.2) is 11.1 Å². The summed E-state index contributed by atoms with van der Waals surface area (Å²) in [4.78, 5) is 11.5. The van der Waals surface area contributed by atoms with Gasteiger partial charge in [0.15, 0.2) is 0 Å². The van der Waals surface area contributed by atoms with E-state index in [2.05, 4.69) is 0 Å². The van der Waals surface area contributed by atoms with Crippen molar-refractivity contribution in [2.45, 2.75) is 82.7 Å². The van der Waals surface area contributed by atoms with Crippen LogP contribution in [0.4, 0.5) is 0 Å². The summed E-state index contributed by atoms with van der Waals surface area (Å²) in [5.74, 6) is 0.478. The van der Waals surface area contributed by atoms with Gasteiger partial charge in [0, 0.05) is 5.57 Å². The predicted octanol–water partition coefficient (Wildman–Crippen LogP) is 3.30. The van der Waals surface area contributed by atoms with E-state index >= 15 is 0 Å². The van der Waals surface area contributed by atoms with Gasteiger partial charge >= 0.3 is 5.97 Å². The smallest absolute Gasteiger partial charge is 0.331 e. The number of carboxylic acid groups (broad SMARTS) is 1. The Morgan fingerprint density at radius 3 is 1.82 bits per heavy atom. The maximum absolute atomic E-state index is 11.5. The fourth-order valence-electron chi connectivity index (χ4n) is 4.58. The number of ether oxygens (including phenoxy) is 2. The highest BCUT2D eigenvalue weighted by Crippen LogP contribution is 2.45. The molecule has 2 aliphatic carbocycles. The van der Waals surface area contributed by atoms with Crippen molar-refractivity contribution in [2.75, 3.05) is 0 Å². The van der Waals surface area contributed by atoms with Gasteiger partial charge in [-0.05, 0) is 70.1 Å². The zero-order chi connectivity index (χ0) is 15.3. The average Bonchev–Trinajstić information content (AvgIpc) is 3.38. The summed E-state index contributed by atoms with van der Waals surface area (Å²) in [6.45, 7) is 1.79. The minimum atomic E-state index is -0.747. The van der Waals surface area contributed by atoms with Crippen LogP contribution in [-0.2, 0) is 14.3 Å². The van der Waals surface area contributed by atoms with Gasteiger partial charge in [-0.15, -0.1) is 0 Å². The molecular weight excluding hydrogens is 280 g/mol. The average molecular weight is 306 g/mol. The summed E-state index contributed by atoms with van der Waals surface area (Å²) in [6, 6.07) is 0. The first-order chi connectivity index (χ1) is 10.6. The molecule has 22 heavy (non-hydrogen) atoms. The number of carbonyl (C=O) groups is 1. The molecule has 4 nitrogen and oxygen atoms in total. The summed E-state index contributed by atoms with van der Waals surface area (Å²) in [5, 5.41) is 9.42. The molecule has 2 saturated carbocycles. The molecule has 122 valence electrons. The van der Waals surface area contributed by atoms with Crippen molar-refractivity contribution < 1.29 is 19.4 Å². The van der Waals surface area contributed by atoms with Crippen molar-refractivity contribution in [3.63, 3.8) is 0 Å². The maximum Gasteiger partial charge on any atom is 0.331 e. The van der Waals surface area contributed by atoms with Crippen LogP contribution in [0.3, 0.4) is 0 Å². The Bertz CT molecular complexity index is 465. The molecule has 0 bridgehead atoms. The number of hydrogen-bond donors (Lipinski definition) is 1. The molecule has 2 aliphatic heterocycles. The molecule has 4 heteroatoms. The first kappa shape index (κ1) is 14.7. The van der Waals surface area contributed by atoms with E-state index in [1.165, 1.54) is 18.4 Å². The third-order valence-corrected chi connectivity index (χ3v) is 6.15. The van der Waals surface area contributed by atoms with Gasteiger partial charge in [-0.3, -0.25) is 0 Å². The SMILES string of the molecule is CC(C(=O)O)=C(CC1CCC2OC2C1)CC1CCC2OC2C1. The van der Waals surface area contributed by atoms with Gasteiger partial charge in [0.2, 0.25) is 0 Å². The highest BCUT2D eigenvalue weighted by molar-refractivity contribution is 5.86. The normalized spacial score (nSPS) is 42.0. The Morgan fingerprint density at radius 2 is 1.41 bits per heavy atom. The molecule has 2 saturated heterocycles. The molecule has 0 aromatic heterocycles. The highest BCUT2D eigenvalue weighted by atomic mass is 16.6. The number of allylic oxidation sites excluding steroid dienone is 1. The third-order valence-electron chi connectivity index (χ3n) is 6.15. The lowest BCUT2D eigenvalue weighted by Crippen LogP contribution is -2.18. The van der Waals surface area contributed by atoms with Crippen molar-refractivity contribution in [1.29, 1.82) is 0 Å². The largest absolute Gasteiger partial charge is 0.478 e. The minimum Gasteiger partial charge on any atom is -0.478 e. The summed E-state index contributed by atoms with van der Waals surface area (Å²) < 4.78 is 11.2. The first-order valence-corrected chi connectivity index (χ1v) is 8.83. The fraction of sp³-hybridized carbons (Fsp3) is 0.833. The summed E-state index contributed by atoms with van der Waals surface area (Å²) in [5.41, 5.74) is 1.76.